The normalized spacial score (nSPS) is 14.2. The molecular weight excluding hydrogens is 537 g/mol. The van der Waals surface area contributed by atoms with Crippen LogP contribution < -0.4 is 14.2 Å². The number of nitrogens with zero attached hydrogens (tertiary/aromatic N) is 1. The van der Waals surface area contributed by atoms with Crippen molar-refractivity contribution in [3.8, 4) is 17.2 Å². The fourth-order valence-electron chi connectivity index (χ4n) is 3.39. The number of esters is 1. The Morgan fingerprint density at radius 3 is 2.43 bits per heavy atom. The second-order valence-electron chi connectivity index (χ2n) is 7.65. The third-order valence-electron chi connectivity index (χ3n) is 5.10. The Balaban J connectivity index is 1.49. The fraction of sp³-hybridized carbons (Fsp3) is 0.148. The molecule has 1 heterocycles. The van der Waals surface area contributed by atoms with Crippen molar-refractivity contribution in [3.05, 3.63) is 92.8 Å². The Morgan fingerprint density at radius 1 is 1.00 bits per heavy atom. The molecule has 37 heavy (non-hydrogen) atoms. The summed E-state index contributed by atoms with van der Waals surface area (Å²) in [4.78, 5) is 39.3. The molecule has 0 N–H and O–H groups in total. The van der Waals surface area contributed by atoms with Crippen LogP contribution in [0.4, 0.5) is 4.79 Å². The summed E-state index contributed by atoms with van der Waals surface area (Å²) in [5.41, 5.74) is 0.794. The monoisotopic (exact) mass is 557 g/mol. The number of ether oxygens (including phenoxy) is 3. The van der Waals surface area contributed by atoms with Gasteiger partial charge >= 0.3 is 5.97 Å². The van der Waals surface area contributed by atoms with Crippen molar-refractivity contribution in [2.45, 2.75) is 6.92 Å². The highest BCUT2D eigenvalue weighted by molar-refractivity contribution is 8.18. The molecule has 10 heteroatoms. The number of carbonyl (C=O) groups is 3. The Hall–Kier alpha value is -3.46. The maximum atomic E-state index is 12.9. The molecule has 190 valence electrons. The van der Waals surface area contributed by atoms with Gasteiger partial charge in [-0.05, 0) is 78.9 Å². The summed E-state index contributed by atoms with van der Waals surface area (Å²) < 4.78 is 16.8. The highest BCUT2D eigenvalue weighted by Gasteiger charge is 2.35. The Labute approximate surface area is 227 Å². The highest BCUT2D eigenvalue weighted by Crippen LogP contribution is 2.39. The average Bonchev–Trinajstić information content (AvgIpc) is 3.14. The van der Waals surface area contributed by atoms with Gasteiger partial charge in [-0.25, -0.2) is 4.79 Å². The molecule has 4 rings (SSSR count). The van der Waals surface area contributed by atoms with Crippen LogP contribution in [0.2, 0.25) is 10.0 Å². The second-order valence-corrected chi connectivity index (χ2v) is 9.49. The van der Waals surface area contributed by atoms with Crippen molar-refractivity contribution >= 4 is 58.2 Å². The molecule has 7 nitrogen and oxygen atoms in total. The molecule has 0 aromatic heterocycles. The summed E-state index contributed by atoms with van der Waals surface area (Å²) in [6.07, 6.45) is 1.54. The quantitative estimate of drug-likeness (QED) is 0.164. The van der Waals surface area contributed by atoms with E-state index in [4.69, 9.17) is 37.4 Å². The van der Waals surface area contributed by atoms with Gasteiger partial charge < -0.3 is 14.2 Å². The van der Waals surface area contributed by atoms with Crippen molar-refractivity contribution in [3.63, 3.8) is 0 Å². The molecule has 1 fully saturated rings. The number of amides is 2. The molecule has 0 radical (unpaired) electrons. The van der Waals surface area contributed by atoms with E-state index in [0.29, 0.717) is 16.3 Å². The first-order valence-corrected chi connectivity index (χ1v) is 12.8. The number of carbonyl (C=O) groups excluding carboxylic acids is 3. The zero-order valence-electron chi connectivity index (χ0n) is 19.6. The van der Waals surface area contributed by atoms with Gasteiger partial charge in [-0.15, -0.1) is 0 Å². The number of benzene rings is 3. The largest absolute Gasteiger partial charge is 0.492 e. The van der Waals surface area contributed by atoms with Crippen LogP contribution in [-0.4, -0.2) is 41.8 Å². The molecule has 2 amide bonds. The summed E-state index contributed by atoms with van der Waals surface area (Å²) in [5, 5.41) is 0.203. The van der Waals surface area contributed by atoms with E-state index in [0.717, 1.165) is 16.7 Å². The summed E-state index contributed by atoms with van der Waals surface area (Å²) in [6.45, 7) is 2.34. The van der Waals surface area contributed by atoms with Gasteiger partial charge in [-0.1, -0.05) is 41.4 Å². The van der Waals surface area contributed by atoms with Crippen LogP contribution in [0.25, 0.3) is 6.08 Å². The molecule has 3 aromatic carbocycles. The summed E-state index contributed by atoms with van der Waals surface area (Å²) >= 11 is 13.1. The number of halogens is 2. The van der Waals surface area contributed by atoms with Crippen LogP contribution in [0.3, 0.4) is 0 Å². The third-order valence-corrected chi connectivity index (χ3v) is 6.54. The smallest absolute Gasteiger partial charge is 0.343 e. The minimum absolute atomic E-state index is 0.0479. The first kappa shape index (κ1) is 26.6. The van der Waals surface area contributed by atoms with Gasteiger partial charge in [0, 0.05) is 5.02 Å². The van der Waals surface area contributed by atoms with Crippen molar-refractivity contribution in [2.24, 2.45) is 0 Å². The first-order valence-electron chi connectivity index (χ1n) is 11.2. The molecule has 0 spiro atoms. The maximum absolute atomic E-state index is 12.9. The van der Waals surface area contributed by atoms with Crippen LogP contribution in [0.1, 0.15) is 22.8 Å². The summed E-state index contributed by atoms with van der Waals surface area (Å²) in [6, 6.07) is 18.5. The van der Waals surface area contributed by atoms with Crippen LogP contribution in [0.5, 0.6) is 17.2 Å². The molecule has 0 aliphatic carbocycles. The second kappa shape index (κ2) is 12.2. The summed E-state index contributed by atoms with van der Waals surface area (Å²) in [7, 11) is 0. The molecule has 0 unspecified atom stereocenters. The molecule has 0 atom stereocenters. The standard InChI is InChI=1S/C27H21Cl2NO6S/c1-2-34-22-15-17(14-21(29)24(22)36-26(32)18-8-10-19(28)11-9-18)16-23-25(31)30(27(33)37-23)12-13-35-20-6-4-3-5-7-20/h3-11,14-16H,2,12-13H2,1H3/b23-16-. The van der Waals surface area contributed by atoms with Gasteiger partial charge in [0.05, 0.1) is 28.6 Å². The SMILES string of the molecule is CCOc1cc(/C=C2\SC(=O)N(CCOc3ccccc3)C2=O)cc(Cl)c1OC(=O)c1ccc(Cl)cc1. The molecule has 3 aromatic rings. The van der Waals surface area contributed by atoms with Gasteiger partial charge in [0.1, 0.15) is 12.4 Å². The van der Waals surface area contributed by atoms with Crippen LogP contribution >= 0.6 is 35.0 Å². The van der Waals surface area contributed by atoms with E-state index in [9.17, 15) is 14.4 Å². The average molecular weight is 558 g/mol. The van der Waals surface area contributed by atoms with Crippen LogP contribution in [0, 0.1) is 0 Å². The van der Waals surface area contributed by atoms with E-state index in [1.165, 1.54) is 18.2 Å². The Bertz CT molecular complexity index is 1350. The lowest BCUT2D eigenvalue weighted by Crippen LogP contribution is -2.32. The number of hydrogen-bond donors (Lipinski definition) is 0. The fourth-order valence-corrected chi connectivity index (χ4v) is 4.64. The van der Waals surface area contributed by atoms with Gasteiger partial charge in [0.15, 0.2) is 11.5 Å². The van der Waals surface area contributed by atoms with Crippen molar-refractivity contribution in [1.82, 2.24) is 4.90 Å². The van der Waals surface area contributed by atoms with Crippen molar-refractivity contribution in [1.29, 1.82) is 0 Å². The van der Waals surface area contributed by atoms with Gasteiger partial charge in [0.25, 0.3) is 11.1 Å². The van der Waals surface area contributed by atoms with Gasteiger partial charge in [-0.3, -0.25) is 14.5 Å². The van der Waals surface area contributed by atoms with E-state index >= 15 is 0 Å². The molecule has 1 aliphatic rings. The lowest BCUT2D eigenvalue weighted by molar-refractivity contribution is -0.123. The van der Waals surface area contributed by atoms with Gasteiger partial charge in [0.2, 0.25) is 0 Å². The molecule has 0 bridgehead atoms. The topological polar surface area (TPSA) is 82.1 Å². The Kier molecular flexibility index (Phi) is 8.76. The predicted octanol–water partition coefficient (Wildman–Crippen LogP) is 6.73. The van der Waals surface area contributed by atoms with E-state index in [-0.39, 0.29) is 46.7 Å². The zero-order chi connectivity index (χ0) is 26.4. The lowest BCUT2D eigenvalue weighted by atomic mass is 10.1. The molecule has 0 saturated carbocycles. The minimum Gasteiger partial charge on any atom is -0.492 e. The lowest BCUT2D eigenvalue weighted by Gasteiger charge is -2.14. The number of para-hydroxylation sites is 1. The minimum atomic E-state index is -0.633. The predicted molar refractivity (Wildman–Crippen MR) is 144 cm³/mol. The van der Waals surface area contributed by atoms with E-state index in [1.807, 2.05) is 18.2 Å². The zero-order valence-corrected chi connectivity index (χ0v) is 21.9. The molecule has 1 aliphatic heterocycles. The van der Waals surface area contributed by atoms with Crippen molar-refractivity contribution in [2.75, 3.05) is 19.8 Å². The van der Waals surface area contributed by atoms with Crippen LogP contribution in [-0.2, 0) is 4.79 Å². The maximum Gasteiger partial charge on any atom is 0.343 e. The number of thioether (sulfide) groups is 1. The number of rotatable bonds is 9. The van der Waals surface area contributed by atoms with E-state index in [1.54, 1.807) is 43.3 Å². The van der Waals surface area contributed by atoms with E-state index in [2.05, 4.69) is 0 Å². The molecular formula is C27H21Cl2NO6S. The first-order chi connectivity index (χ1) is 17.9. The molecule has 1 saturated heterocycles. The van der Waals surface area contributed by atoms with Crippen molar-refractivity contribution < 1.29 is 28.6 Å². The number of hydrogen-bond acceptors (Lipinski definition) is 7. The van der Waals surface area contributed by atoms with Gasteiger partial charge in [-0.2, -0.15) is 0 Å². The number of imide groups is 1. The van der Waals surface area contributed by atoms with E-state index < -0.39 is 17.1 Å². The Morgan fingerprint density at radius 2 is 1.73 bits per heavy atom. The summed E-state index contributed by atoms with van der Waals surface area (Å²) in [5.74, 6) is -0.143. The van der Waals surface area contributed by atoms with Crippen LogP contribution in [0.15, 0.2) is 71.6 Å². The third kappa shape index (κ3) is 6.65. The highest BCUT2D eigenvalue weighted by atomic mass is 35.5.